The van der Waals surface area contributed by atoms with Crippen molar-refractivity contribution in [3.8, 4) is 17.5 Å². The lowest BCUT2D eigenvalue weighted by Gasteiger charge is -2.02. The van der Waals surface area contributed by atoms with Crippen molar-refractivity contribution in [2.45, 2.75) is 6.92 Å². The van der Waals surface area contributed by atoms with Crippen molar-refractivity contribution >= 4 is 11.6 Å². The highest BCUT2D eigenvalue weighted by Gasteiger charge is 2.07. The van der Waals surface area contributed by atoms with Gasteiger partial charge in [-0.2, -0.15) is 15.0 Å². The Balaban J connectivity index is 2.40. The smallest absolute Gasteiger partial charge is 0.321 e. The lowest BCUT2D eigenvalue weighted by atomic mass is 10.4. The zero-order chi connectivity index (χ0) is 10.7. The molecule has 0 fully saturated rings. The van der Waals surface area contributed by atoms with Gasteiger partial charge in [-0.15, -0.1) is 0 Å². The van der Waals surface area contributed by atoms with Crippen molar-refractivity contribution < 1.29 is 4.74 Å². The lowest BCUT2D eigenvalue weighted by molar-refractivity contribution is 0.312. The molecular weight excluding hydrogens is 216 g/mol. The molecule has 5 nitrogen and oxygen atoms in total. The van der Waals surface area contributed by atoms with Crippen LogP contribution in [-0.4, -0.2) is 26.5 Å². The molecule has 0 bridgehead atoms. The molecule has 78 valence electrons. The highest BCUT2D eigenvalue weighted by Crippen LogP contribution is 2.16. The van der Waals surface area contributed by atoms with Crippen molar-refractivity contribution in [1.29, 1.82) is 0 Å². The maximum absolute atomic E-state index is 5.75. The fraction of sp³-hybridized carbons (Fsp3) is 0.222. The quantitative estimate of drug-likeness (QED) is 0.865. The molecule has 2 aromatic rings. The molecule has 2 heterocycles. The van der Waals surface area contributed by atoms with E-state index in [0.29, 0.717) is 12.4 Å². The maximum atomic E-state index is 5.75. The Morgan fingerprint density at radius 2 is 2.27 bits per heavy atom. The molecule has 1 N–H and O–H groups in total. The number of rotatable bonds is 3. The minimum Gasteiger partial charge on any atom is -0.464 e. The first-order valence-corrected chi connectivity index (χ1v) is 4.85. The number of nitrogens with zero attached hydrogens (tertiary/aromatic N) is 3. The topological polar surface area (TPSA) is 63.7 Å². The van der Waals surface area contributed by atoms with E-state index in [0.717, 1.165) is 5.69 Å². The number of aromatic amines is 1. The van der Waals surface area contributed by atoms with Gasteiger partial charge in [-0.25, -0.2) is 0 Å². The van der Waals surface area contributed by atoms with E-state index in [4.69, 9.17) is 16.3 Å². The summed E-state index contributed by atoms with van der Waals surface area (Å²) in [6.07, 6.45) is 1.79. The van der Waals surface area contributed by atoms with Crippen molar-refractivity contribution in [2.75, 3.05) is 6.61 Å². The van der Waals surface area contributed by atoms with Gasteiger partial charge in [0.1, 0.15) is 0 Å². The van der Waals surface area contributed by atoms with Gasteiger partial charge in [0.15, 0.2) is 5.82 Å². The van der Waals surface area contributed by atoms with Crippen LogP contribution in [0.4, 0.5) is 0 Å². The van der Waals surface area contributed by atoms with E-state index in [2.05, 4.69) is 19.9 Å². The summed E-state index contributed by atoms with van der Waals surface area (Å²) in [5.41, 5.74) is 0.778. The van der Waals surface area contributed by atoms with E-state index in [1.54, 1.807) is 6.20 Å². The molecule has 2 rings (SSSR count). The van der Waals surface area contributed by atoms with Crippen LogP contribution in [0.3, 0.4) is 0 Å². The predicted octanol–water partition coefficient (Wildman–Crippen LogP) is 1.92. The van der Waals surface area contributed by atoms with Gasteiger partial charge in [0.05, 0.1) is 12.3 Å². The summed E-state index contributed by atoms with van der Waals surface area (Å²) in [5.74, 6) is 0.475. The first-order chi connectivity index (χ1) is 7.29. The number of halogens is 1. The van der Waals surface area contributed by atoms with Gasteiger partial charge >= 0.3 is 6.01 Å². The van der Waals surface area contributed by atoms with Crippen LogP contribution in [0.1, 0.15) is 6.92 Å². The van der Waals surface area contributed by atoms with Crippen LogP contribution in [0.25, 0.3) is 11.5 Å². The summed E-state index contributed by atoms with van der Waals surface area (Å²) < 4.78 is 5.16. The van der Waals surface area contributed by atoms with E-state index in [-0.39, 0.29) is 11.3 Å². The number of ether oxygens (including phenoxy) is 1. The highest BCUT2D eigenvalue weighted by atomic mass is 35.5. The Bertz CT molecular complexity index is 443. The van der Waals surface area contributed by atoms with Gasteiger partial charge < -0.3 is 9.72 Å². The molecule has 15 heavy (non-hydrogen) atoms. The predicted molar refractivity (Wildman–Crippen MR) is 55.8 cm³/mol. The van der Waals surface area contributed by atoms with Gasteiger partial charge in [-0.05, 0) is 30.7 Å². The second-order valence-corrected chi connectivity index (χ2v) is 3.07. The summed E-state index contributed by atoms with van der Waals surface area (Å²) >= 11 is 5.75. The average Bonchev–Trinajstić information content (AvgIpc) is 2.70. The summed E-state index contributed by atoms with van der Waals surface area (Å²) in [5, 5.41) is 0.123. The fourth-order valence-electron chi connectivity index (χ4n) is 1.12. The zero-order valence-corrected chi connectivity index (χ0v) is 8.82. The molecule has 0 aliphatic heterocycles. The van der Waals surface area contributed by atoms with Crippen LogP contribution in [0.5, 0.6) is 6.01 Å². The summed E-state index contributed by atoms with van der Waals surface area (Å²) in [6, 6.07) is 3.94. The number of H-pyrrole nitrogens is 1. The van der Waals surface area contributed by atoms with Crippen molar-refractivity contribution in [3.63, 3.8) is 0 Å². The Kier molecular flexibility index (Phi) is 2.82. The molecule has 0 amide bonds. The van der Waals surface area contributed by atoms with E-state index in [1.165, 1.54) is 0 Å². The van der Waals surface area contributed by atoms with Crippen molar-refractivity contribution in [3.05, 3.63) is 23.6 Å². The molecular formula is C9H9ClN4O. The van der Waals surface area contributed by atoms with Crippen LogP contribution >= 0.6 is 11.6 Å². The van der Waals surface area contributed by atoms with Crippen molar-refractivity contribution in [2.24, 2.45) is 0 Å². The molecule has 0 aromatic carbocycles. The van der Waals surface area contributed by atoms with Crippen LogP contribution in [0.2, 0.25) is 5.28 Å². The minimum atomic E-state index is 0.123. The summed E-state index contributed by atoms with van der Waals surface area (Å²) in [4.78, 5) is 14.9. The maximum Gasteiger partial charge on any atom is 0.321 e. The zero-order valence-electron chi connectivity index (χ0n) is 8.07. The SMILES string of the molecule is CCOc1nc(Cl)nc(-c2ccc[nH]2)n1. The molecule has 0 aliphatic rings. The summed E-state index contributed by atoms with van der Waals surface area (Å²) in [7, 11) is 0. The minimum absolute atomic E-state index is 0.123. The Morgan fingerprint density at radius 1 is 1.40 bits per heavy atom. The Labute approximate surface area is 91.5 Å². The van der Waals surface area contributed by atoms with Crippen LogP contribution in [0, 0.1) is 0 Å². The van der Waals surface area contributed by atoms with E-state index < -0.39 is 0 Å². The molecule has 0 atom stereocenters. The van der Waals surface area contributed by atoms with E-state index >= 15 is 0 Å². The molecule has 0 saturated heterocycles. The van der Waals surface area contributed by atoms with Crippen LogP contribution < -0.4 is 4.74 Å². The second kappa shape index (κ2) is 4.27. The van der Waals surface area contributed by atoms with Gasteiger partial charge in [-0.3, -0.25) is 0 Å². The van der Waals surface area contributed by atoms with Gasteiger partial charge in [0, 0.05) is 6.20 Å². The molecule has 0 saturated carbocycles. The molecule has 0 radical (unpaired) electrons. The average molecular weight is 225 g/mol. The van der Waals surface area contributed by atoms with Gasteiger partial charge in [0.25, 0.3) is 0 Å². The monoisotopic (exact) mass is 224 g/mol. The normalized spacial score (nSPS) is 10.3. The molecule has 0 spiro atoms. The largest absolute Gasteiger partial charge is 0.464 e. The Morgan fingerprint density at radius 3 is 2.93 bits per heavy atom. The van der Waals surface area contributed by atoms with Crippen molar-refractivity contribution in [1.82, 2.24) is 19.9 Å². The van der Waals surface area contributed by atoms with Gasteiger partial charge in [-0.1, -0.05) is 0 Å². The Hall–Kier alpha value is -1.62. The molecule has 6 heteroatoms. The third kappa shape index (κ3) is 2.24. The fourth-order valence-corrected chi connectivity index (χ4v) is 1.27. The third-order valence-electron chi connectivity index (χ3n) is 1.70. The first kappa shape index (κ1) is 9.92. The number of aromatic nitrogens is 4. The van der Waals surface area contributed by atoms with E-state index in [9.17, 15) is 0 Å². The third-order valence-corrected chi connectivity index (χ3v) is 1.87. The lowest BCUT2D eigenvalue weighted by Crippen LogP contribution is -2.01. The molecule has 0 aliphatic carbocycles. The number of nitrogens with one attached hydrogen (secondary N) is 1. The van der Waals surface area contributed by atoms with Gasteiger partial charge in [0.2, 0.25) is 5.28 Å². The van der Waals surface area contributed by atoms with E-state index in [1.807, 2.05) is 19.1 Å². The number of hydrogen-bond acceptors (Lipinski definition) is 4. The standard InChI is InChI=1S/C9H9ClN4O/c1-2-15-9-13-7(12-8(10)14-9)6-4-3-5-11-6/h3-5,11H,2H2,1H3. The molecule has 2 aromatic heterocycles. The summed E-state index contributed by atoms with van der Waals surface area (Å²) in [6.45, 7) is 2.34. The second-order valence-electron chi connectivity index (χ2n) is 2.73. The molecule has 0 unspecified atom stereocenters. The number of hydrogen-bond donors (Lipinski definition) is 1. The van der Waals surface area contributed by atoms with Crippen LogP contribution in [-0.2, 0) is 0 Å². The highest BCUT2D eigenvalue weighted by molar-refractivity contribution is 6.28. The first-order valence-electron chi connectivity index (χ1n) is 4.47. The van der Waals surface area contributed by atoms with Crippen LogP contribution in [0.15, 0.2) is 18.3 Å².